The first-order valence-corrected chi connectivity index (χ1v) is 27.0. The van der Waals surface area contributed by atoms with Crippen LogP contribution in [0.25, 0.3) is 16.8 Å². The van der Waals surface area contributed by atoms with Crippen molar-refractivity contribution in [2.24, 2.45) is 0 Å². The number of rotatable bonds is 14. The molecule has 2 saturated heterocycles. The molecule has 1 amide bonds. The summed E-state index contributed by atoms with van der Waals surface area (Å²) in [5.41, 5.74) is 2.35. The number of pyridine rings is 1. The molecule has 5 heterocycles. The molecule has 3 aromatic heterocycles. The van der Waals surface area contributed by atoms with Gasteiger partial charge in [0.2, 0.25) is 0 Å². The van der Waals surface area contributed by atoms with E-state index in [-0.39, 0.29) is 24.1 Å². The number of anilines is 1. The summed E-state index contributed by atoms with van der Waals surface area (Å²) in [6.07, 6.45) is 6.89. The van der Waals surface area contributed by atoms with Crippen LogP contribution in [0.2, 0.25) is 51.4 Å². The van der Waals surface area contributed by atoms with E-state index in [0.717, 1.165) is 64.9 Å². The molecule has 14 heteroatoms. The lowest BCUT2D eigenvalue weighted by Gasteiger charge is -2.39. The molecule has 0 aromatic carbocycles. The smallest absolute Gasteiger partial charge is 0.410 e. The highest BCUT2D eigenvalue weighted by Crippen LogP contribution is 2.47. The zero-order valence-electron chi connectivity index (χ0n) is 33.3. The maximum atomic E-state index is 13.3. The van der Waals surface area contributed by atoms with Crippen LogP contribution in [0, 0.1) is 0 Å². The Balaban J connectivity index is 1.57. The number of piperidine rings is 1. The van der Waals surface area contributed by atoms with Gasteiger partial charge in [-0.2, -0.15) is 9.61 Å². The number of hydrogen-bond acceptors (Lipinski definition) is 9. The van der Waals surface area contributed by atoms with Gasteiger partial charge in [-0.3, -0.25) is 4.98 Å². The molecule has 2 fully saturated rings. The van der Waals surface area contributed by atoms with Crippen LogP contribution in [-0.4, -0.2) is 96.2 Å². The lowest BCUT2D eigenvalue weighted by atomic mass is 9.88. The molecule has 5 rings (SSSR count). The lowest BCUT2D eigenvalue weighted by Crippen LogP contribution is -2.48. The summed E-state index contributed by atoms with van der Waals surface area (Å²) < 4.78 is 21.4. The van der Waals surface area contributed by atoms with Crippen LogP contribution < -0.4 is 4.90 Å². The third-order valence-electron chi connectivity index (χ3n) is 9.80. The highest BCUT2D eigenvalue weighted by Gasteiger charge is 2.46. The molecule has 3 aromatic rings. The molecule has 288 valence electrons. The van der Waals surface area contributed by atoms with Crippen LogP contribution in [0.15, 0.2) is 29.0 Å². The largest absolute Gasteiger partial charge is 0.444 e. The normalized spacial score (nSPS) is 19.8. The second kappa shape index (κ2) is 15.8. The molecule has 0 unspecified atom stereocenters. The number of halogens is 1. The van der Waals surface area contributed by atoms with Crippen molar-refractivity contribution >= 4 is 49.6 Å². The summed E-state index contributed by atoms with van der Waals surface area (Å²) in [6.45, 7) is 25.4. The van der Waals surface area contributed by atoms with Crippen molar-refractivity contribution in [3.63, 3.8) is 0 Å². The lowest BCUT2D eigenvalue weighted by molar-refractivity contribution is 0.00565. The molecule has 0 spiro atoms. The summed E-state index contributed by atoms with van der Waals surface area (Å²) >= 11 is 4.05. The van der Waals surface area contributed by atoms with E-state index in [4.69, 9.17) is 24.3 Å². The van der Waals surface area contributed by atoms with Gasteiger partial charge in [-0.1, -0.05) is 45.3 Å². The Kier molecular flexibility index (Phi) is 12.4. The van der Waals surface area contributed by atoms with Crippen LogP contribution in [-0.2, 0) is 19.8 Å². The number of carbonyl (C=O) groups excluding carboxylic acids is 1. The van der Waals surface area contributed by atoms with Gasteiger partial charge in [-0.05, 0) is 94.4 Å². The molecule has 0 aliphatic carbocycles. The van der Waals surface area contributed by atoms with E-state index in [9.17, 15) is 9.90 Å². The first-order valence-electron chi connectivity index (χ1n) is 18.8. The van der Waals surface area contributed by atoms with Crippen molar-refractivity contribution in [1.82, 2.24) is 24.5 Å². The Labute approximate surface area is 321 Å². The van der Waals surface area contributed by atoms with Crippen LogP contribution in [0.4, 0.5) is 10.6 Å². The number of aliphatic hydroxyl groups is 1. The van der Waals surface area contributed by atoms with E-state index in [2.05, 4.69) is 65.1 Å². The Morgan fingerprint density at radius 1 is 0.942 bits per heavy atom. The SMILES string of the molecule is CC(C)(C)OC(=O)N1[C@H]2CC[C@H]1CC(c1nc3c(-c4ccc(C(C)(C)O)nc4)cnn3c(N(COCC[Si](C)(C)C)COCC[Si](C)(C)C)c1Br)C2. The fourth-order valence-corrected chi connectivity index (χ4v) is 9.26. The van der Waals surface area contributed by atoms with Gasteiger partial charge >= 0.3 is 6.09 Å². The van der Waals surface area contributed by atoms with Crippen LogP contribution in [0.1, 0.15) is 77.6 Å². The predicted molar refractivity (Wildman–Crippen MR) is 216 cm³/mol. The van der Waals surface area contributed by atoms with Gasteiger partial charge in [0.1, 0.15) is 24.7 Å². The number of aromatic nitrogens is 4. The third-order valence-corrected chi connectivity index (χ3v) is 14.0. The molecule has 2 atom stereocenters. The molecule has 2 aliphatic rings. The van der Waals surface area contributed by atoms with Crippen molar-refractivity contribution in [3.8, 4) is 11.1 Å². The van der Waals surface area contributed by atoms with Gasteiger partial charge in [-0.25, -0.2) is 9.78 Å². The minimum atomic E-state index is -1.30. The summed E-state index contributed by atoms with van der Waals surface area (Å²) in [4.78, 5) is 27.4. The fraction of sp³-hybridized carbons (Fsp3) is 0.684. The van der Waals surface area contributed by atoms with Gasteiger partial charge in [0, 0.05) is 64.7 Å². The topological polar surface area (TPSA) is 115 Å². The Bertz CT molecular complexity index is 1660. The number of hydrogen-bond donors (Lipinski definition) is 1. The molecule has 2 bridgehead atoms. The van der Waals surface area contributed by atoms with E-state index in [1.807, 2.05) is 48.5 Å². The molecule has 0 radical (unpaired) electrons. The first kappa shape index (κ1) is 40.8. The van der Waals surface area contributed by atoms with E-state index in [1.165, 1.54) is 0 Å². The minimum Gasteiger partial charge on any atom is -0.444 e. The van der Waals surface area contributed by atoms with Crippen LogP contribution in [0.5, 0.6) is 0 Å². The third kappa shape index (κ3) is 10.2. The van der Waals surface area contributed by atoms with Crippen LogP contribution >= 0.6 is 15.9 Å². The Morgan fingerprint density at radius 3 is 2.00 bits per heavy atom. The summed E-state index contributed by atoms with van der Waals surface area (Å²) in [5.74, 6) is 0.936. The first-order chi connectivity index (χ1) is 24.1. The molecule has 2 aliphatic heterocycles. The highest BCUT2D eigenvalue weighted by atomic mass is 79.9. The van der Waals surface area contributed by atoms with E-state index >= 15 is 0 Å². The van der Waals surface area contributed by atoms with Crippen molar-refractivity contribution in [3.05, 3.63) is 40.4 Å². The molecule has 11 nitrogen and oxygen atoms in total. The summed E-state index contributed by atoms with van der Waals surface area (Å²) in [7, 11) is -2.59. The van der Waals surface area contributed by atoms with Crippen molar-refractivity contribution in [1.29, 1.82) is 0 Å². The number of nitrogens with zero attached hydrogens (tertiary/aromatic N) is 6. The van der Waals surface area contributed by atoms with Gasteiger partial charge in [0.15, 0.2) is 11.5 Å². The predicted octanol–water partition coefficient (Wildman–Crippen LogP) is 8.86. The Hall–Kier alpha value is -2.37. The monoisotopic (exact) mass is 816 g/mol. The van der Waals surface area contributed by atoms with E-state index in [1.54, 1.807) is 20.0 Å². The molecule has 0 saturated carbocycles. The van der Waals surface area contributed by atoms with Crippen molar-refractivity contribution in [2.45, 2.75) is 141 Å². The average Bonchev–Trinajstić information content (AvgIpc) is 3.55. The van der Waals surface area contributed by atoms with Gasteiger partial charge in [-0.15, -0.1) is 0 Å². The molecule has 52 heavy (non-hydrogen) atoms. The number of amides is 1. The molecular weight excluding hydrogens is 757 g/mol. The fourth-order valence-electron chi connectivity index (χ4n) is 6.92. The zero-order chi connectivity index (χ0) is 38.2. The summed E-state index contributed by atoms with van der Waals surface area (Å²) in [5, 5.41) is 15.5. The highest BCUT2D eigenvalue weighted by molar-refractivity contribution is 9.10. The van der Waals surface area contributed by atoms with E-state index in [0.29, 0.717) is 38.0 Å². The second-order valence-corrected chi connectivity index (χ2v) is 30.6. The van der Waals surface area contributed by atoms with Gasteiger partial charge < -0.3 is 29.1 Å². The van der Waals surface area contributed by atoms with Crippen molar-refractivity contribution < 1.29 is 24.1 Å². The number of ether oxygens (including phenoxy) is 3. The zero-order valence-corrected chi connectivity index (χ0v) is 36.8. The van der Waals surface area contributed by atoms with E-state index < -0.39 is 27.3 Å². The summed E-state index contributed by atoms with van der Waals surface area (Å²) in [6, 6.07) is 6.12. The minimum absolute atomic E-state index is 0.0841. The van der Waals surface area contributed by atoms with Crippen LogP contribution in [0.3, 0.4) is 0 Å². The number of carbonyl (C=O) groups is 1. The standard InChI is InChI=1S/C38H61BrN6O5Si2/c1-37(2,3)50-36(46)44-28-13-14-29(44)21-27(20-28)33-32(39)35(43(24-48-16-18-51(6,7)8)25-49-17-19-52(9,10)11)45-34(42-33)30(23-41-45)26-12-15-31(40-22-26)38(4,5)47/h12,15,22-23,27-29,47H,13-14,16-21,24-25H2,1-11H3/t28-,29-/m0/s1. The van der Waals surface area contributed by atoms with Crippen molar-refractivity contribution in [2.75, 3.05) is 31.6 Å². The average molecular weight is 818 g/mol. The number of fused-ring (bicyclic) bond motifs is 3. The van der Waals surface area contributed by atoms with Gasteiger partial charge in [0.25, 0.3) is 0 Å². The molecular formula is C38H61BrN6O5Si2. The second-order valence-electron chi connectivity index (χ2n) is 18.6. The maximum Gasteiger partial charge on any atom is 0.410 e. The maximum absolute atomic E-state index is 13.3. The van der Waals surface area contributed by atoms with Gasteiger partial charge in [0.05, 0.1) is 22.1 Å². The Morgan fingerprint density at radius 2 is 1.52 bits per heavy atom. The molecule has 1 N–H and O–H groups in total. The quantitative estimate of drug-likeness (QED) is 0.0969.